The Kier molecular flexibility index (Phi) is 5.37. The van der Waals surface area contributed by atoms with Gasteiger partial charge in [0.2, 0.25) is 0 Å². The second-order valence-electron chi connectivity index (χ2n) is 3.58. The van der Waals surface area contributed by atoms with Crippen molar-refractivity contribution in [3.05, 3.63) is 29.6 Å². The van der Waals surface area contributed by atoms with E-state index in [2.05, 4.69) is 4.98 Å². The minimum atomic E-state index is -4.11. The third-order valence-corrected chi connectivity index (χ3v) is 2.19. The first-order chi connectivity index (χ1) is 8.03. The molecule has 0 fully saturated rings. The molecule has 2 N–H and O–H groups in total. The standard InChI is InChI=1S/C11H15F3N2O/c12-11(13,14)4-2-6-17-8-10-9(7-15)3-1-5-16-10/h1,3,5H,2,4,6-8,15H2. The maximum atomic E-state index is 11.8. The van der Waals surface area contributed by atoms with Crippen LogP contribution in [0, 0.1) is 0 Å². The van der Waals surface area contributed by atoms with Crippen molar-refractivity contribution in [2.45, 2.75) is 32.2 Å². The number of rotatable bonds is 6. The fourth-order valence-electron chi connectivity index (χ4n) is 1.33. The maximum absolute atomic E-state index is 11.8. The minimum absolute atomic E-state index is 0.0334. The van der Waals surface area contributed by atoms with Gasteiger partial charge in [0.05, 0.1) is 12.3 Å². The highest BCUT2D eigenvalue weighted by Gasteiger charge is 2.25. The Bertz CT molecular complexity index is 342. The summed E-state index contributed by atoms with van der Waals surface area (Å²) in [5.74, 6) is 0. The largest absolute Gasteiger partial charge is 0.389 e. The zero-order valence-corrected chi connectivity index (χ0v) is 9.33. The second kappa shape index (κ2) is 6.56. The van der Waals surface area contributed by atoms with E-state index in [1.54, 1.807) is 12.3 Å². The molecule has 0 unspecified atom stereocenters. The Hall–Kier alpha value is -1.14. The van der Waals surface area contributed by atoms with Gasteiger partial charge in [-0.05, 0) is 18.1 Å². The van der Waals surface area contributed by atoms with Gasteiger partial charge in [0, 0.05) is 25.8 Å². The lowest BCUT2D eigenvalue weighted by Crippen LogP contribution is -2.10. The molecule has 0 aliphatic heterocycles. The number of halogens is 3. The predicted octanol–water partition coefficient (Wildman–Crippen LogP) is 2.40. The van der Waals surface area contributed by atoms with Crippen LogP contribution in [-0.4, -0.2) is 17.8 Å². The van der Waals surface area contributed by atoms with E-state index in [-0.39, 0.29) is 19.6 Å². The van der Waals surface area contributed by atoms with E-state index in [0.29, 0.717) is 12.2 Å². The smallest absolute Gasteiger partial charge is 0.375 e. The van der Waals surface area contributed by atoms with E-state index >= 15 is 0 Å². The zero-order chi connectivity index (χ0) is 12.7. The summed E-state index contributed by atoms with van der Waals surface area (Å²) in [5, 5.41) is 0. The van der Waals surface area contributed by atoms with Crippen molar-refractivity contribution in [3.8, 4) is 0 Å². The molecule has 3 nitrogen and oxygen atoms in total. The summed E-state index contributed by atoms with van der Waals surface area (Å²) in [6.45, 7) is 0.612. The third kappa shape index (κ3) is 5.65. The van der Waals surface area contributed by atoms with Crippen LogP contribution in [0.2, 0.25) is 0 Å². The van der Waals surface area contributed by atoms with Crippen LogP contribution in [0.1, 0.15) is 24.1 Å². The molecule has 0 saturated carbocycles. The van der Waals surface area contributed by atoms with E-state index < -0.39 is 12.6 Å². The number of pyridine rings is 1. The normalized spacial score (nSPS) is 11.8. The topological polar surface area (TPSA) is 48.1 Å². The van der Waals surface area contributed by atoms with E-state index in [1.807, 2.05) is 6.07 Å². The monoisotopic (exact) mass is 248 g/mol. The van der Waals surface area contributed by atoms with Gasteiger partial charge in [-0.1, -0.05) is 6.07 Å². The highest BCUT2D eigenvalue weighted by atomic mass is 19.4. The summed E-state index contributed by atoms with van der Waals surface area (Å²) < 4.78 is 40.7. The Labute approximate surface area is 97.8 Å². The van der Waals surface area contributed by atoms with Gasteiger partial charge in [-0.15, -0.1) is 0 Å². The SMILES string of the molecule is NCc1cccnc1COCCCC(F)(F)F. The summed E-state index contributed by atoms with van der Waals surface area (Å²) in [7, 11) is 0. The molecule has 1 heterocycles. The number of alkyl halides is 3. The highest BCUT2D eigenvalue weighted by Crippen LogP contribution is 2.21. The fraction of sp³-hybridized carbons (Fsp3) is 0.545. The van der Waals surface area contributed by atoms with E-state index in [4.69, 9.17) is 10.5 Å². The van der Waals surface area contributed by atoms with Crippen LogP contribution in [0.15, 0.2) is 18.3 Å². The van der Waals surface area contributed by atoms with Crippen molar-refractivity contribution in [1.82, 2.24) is 4.98 Å². The number of nitrogens with two attached hydrogens (primary N) is 1. The molecule has 1 rings (SSSR count). The molecule has 96 valence electrons. The first-order valence-electron chi connectivity index (χ1n) is 5.30. The number of aromatic nitrogens is 1. The molecule has 1 aromatic heterocycles. The summed E-state index contributed by atoms with van der Waals surface area (Å²) in [5.41, 5.74) is 7.03. The Morgan fingerprint density at radius 1 is 1.35 bits per heavy atom. The van der Waals surface area contributed by atoms with Crippen LogP contribution in [-0.2, 0) is 17.9 Å². The van der Waals surface area contributed by atoms with Crippen molar-refractivity contribution in [1.29, 1.82) is 0 Å². The summed E-state index contributed by atoms with van der Waals surface area (Å²) in [6, 6.07) is 3.58. The maximum Gasteiger partial charge on any atom is 0.389 e. The van der Waals surface area contributed by atoms with Crippen LogP contribution in [0.3, 0.4) is 0 Å². The Morgan fingerprint density at radius 3 is 2.76 bits per heavy atom. The van der Waals surface area contributed by atoms with Crippen molar-refractivity contribution in [2.24, 2.45) is 5.73 Å². The molecule has 0 atom stereocenters. The lowest BCUT2D eigenvalue weighted by Gasteiger charge is -2.08. The van der Waals surface area contributed by atoms with Gasteiger partial charge < -0.3 is 10.5 Å². The van der Waals surface area contributed by atoms with Gasteiger partial charge in [0.1, 0.15) is 0 Å². The molecule has 0 saturated heterocycles. The first kappa shape index (κ1) is 13.9. The lowest BCUT2D eigenvalue weighted by atomic mass is 10.2. The average molecular weight is 248 g/mol. The highest BCUT2D eigenvalue weighted by molar-refractivity contribution is 5.18. The average Bonchev–Trinajstić information content (AvgIpc) is 2.27. The predicted molar refractivity (Wildman–Crippen MR) is 57.1 cm³/mol. The van der Waals surface area contributed by atoms with Gasteiger partial charge in [-0.3, -0.25) is 4.98 Å². The van der Waals surface area contributed by atoms with Gasteiger partial charge in [-0.2, -0.15) is 13.2 Å². The Morgan fingerprint density at radius 2 is 2.12 bits per heavy atom. The van der Waals surface area contributed by atoms with Crippen LogP contribution < -0.4 is 5.73 Å². The molecule has 0 amide bonds. The first-order valence-corrected chi connectivity index (χ1v) is 5.30. The van der Waals surface area contributed by atoms with Crippen molar-refractivity contribution in [3.63, 3.8) is 0 Å². The summed E-state index contributed by atoms with van der Waals surface area (Å²) >= 11 is 0. The van der Waals surface area contributed by atoms with Crippen LogP contribution in [0.4, 0.5) is 13.2 Å². The molecular weight excluding hydrogens is 233 g/mol. The molecular formula is C11H15F3N2O. The molecule has 0 radical (unpaired) electrons. The molecule has 0 aromatic carbocycles. The molecule has 17 heavy (non-hydrogen) atoms. The van der Waals surface area contributed by atoms with Gasteiger partial charge in [0.15, 0.2) is 0 Å². The molecule has 0 bridgehead atoms. The summed E-state index contributed by atoms with van der Waals surface area (Å²) in [6.07, 6.45) is -3.36. The van der Waals surface area contributed by atoms with Crippen molar-refractivity contribution in [2.75, 3.05) is 6.61 Å². The van der Waals surface area contributed by atoms with Crippen LogP contribution in [0.25, 0.3) is 0 Å². The van der Waals surface area contributed by atoms with Crippen LogP contribution in [0.5, 0.6) is 0 Å². The fourth-order valence-corrected chi connectivity index (χ4v) is 1.33. The number of nitrogens with zero attached hydrogens (tertiary/aromatic N) is 1. The minimum Gasteiger partial charge on any atom is -0.375 e. The summed E-state index contributed by atoms with van der Waals surface area (Å²) in [4.78, 5) is 4.07. The van der Waals surface area contributed by atoms with E-state index in [9.17, 15) is 13.2 Å². The number of ether oxygens (including phenoxy) is 1. The van der Waals surface area contributed by atoms with E-state index in [1.165, 1.54) is 0 Å². The van der Waals surface area contributed by atoms with Gasteiger partial charge in [-0.25, -0.2) is 0 Å². The number of hydrogen-bond acceptors (Lipinski definition) is 3. The second-order valence-corrected chi connectivity index (χ2v) is 3.58. The van der Waals surface area contributed by atoms with Gasteiger partial charge >= 0.3 is 6.18 Å². The quantitative estimate of drug-likeness (QED) is 0.786. The molecule has 1 aromatic rings. The molecule has 0 aliphatic rings. The molecule has 6 heteroatoms. The third-order valence-electron chi connectivity index (χ3n) is 2.19. The van der Waals surface area contributed by atoms with E-state index in [0.717, 1.165) is 5.56 Å². The lowest BCUT2D eigenvalue weighted by molar-refractivity contribution is -0.138. The van der Waals surface area contributed by atoms with Crippen molar-refractivity contribution >= 4 is 0 Å². The van der Waals surface area contributed by atoms with Crippen molar-refractivity contribution < 1.29 is 17.9 Å². The van der Waals surface area contributed by atoms with Gasteiger partial charge in [0.25, 0.3) is 0 Å². The molecule has 0 spiro atoms. The molecule has 0 aliphatic carbocycles. The number of hydrogen-bond donors (Lipinski definition) is 1. The van der Waals surface area contributed by atoms with Crippen LogP contribution >= 0.6 is 0 Å². The Balaban J connectivity index is 2.27. The zero-order valence-electron chi connectivity index (χ0n) is 9.33.